The van der Waals surface area contributed by atoms with E-state index in [1.807, 2.05) is 58.0 Å². The number of thioether (sulfide) groups is 1. The smallest absolute Gasteiger partial charge is 0.330 e. The third-order valence-corrected chi connectivity index (χ3v) is 5.54. The molecule has 0 radical (unpaired) electrons. The topological polar surface area (TPSA) is 101 Å². The number of rotatable bonds is 9. The Morgan fingerprint density at radius 1 is 1.21 bits per heavy atom. The predicted octanol–water partition coefficient (Wildman–Crippen LogP) is 3.09. The molecular weight excluding hydrogens is 388 g/mol. The number of nitrogen functional groups attached to an aromatic ring is 1. The van der Waals surface area contributed by atoms with E-state index in [1.54, 1.807) is 0 Å². The van der Waals surface area contributed by atoms with Crippen LogP contribution < -0.4 is 21.9 Å². The fraction of sp³-hybridized carbons (Fsp3) is 0.476. The number of nitrogens with zero attached hydrogens (tertiary/aromatic N) is 2. The summed E-state index contributed by atoms with van der Waals surface area (Å²) in [5, 5.41) is -0.425. The zero-order valence-corrected chi connectivity index (χ0v) is 18.3. The van der Waals surface area contributed by atoms with Crippen molar-refractivity contribution in [3.05, 3.63) is 51.2 Å². The molecule has 0 bridgehead atoms. The van der Waals surface area contributed by atoms with Crippen molar-refractivity contribution in [2.24, 2.45) is 5.92 Å². The highest BCUT2D eigenvalue weighted by molar-refractivity contribution is 8.00. The first kappa shape index (κ1) is 22.8. The molecular formula is C21H30N4O3S. The standard InChI is InChI=1S/C21H30N4O3S/c1-5-6-12-24-18(22)17(19(26)23-21(24)28)25(13-14(2)3)20(27)15(4)29-16-10-8-7-9-11-16/h7-11,14-15H,5-6,12-13,22H2,1-4H3,(H,23,26,28). The van der Waals surface area contributed by atoms with Gasteiger partial charge >= 0.3 is 5.69 Å². The quantitative estimate of drug-likeness (QED) is 0.610. The van der Waals surface area contributed by atoms with Crippen LogP contribution in [-0.4, -0.2) is 27.3 Å². The molecule has 2 rings (SSSR count). The maximum Gasteiger partial charge on any atom is 0.330 e. The number of aromatic nitrogens is 2. The van der Waals surface area contributed by atoms with Gasteiger partial charge in [0.05, 0.1) is 5.25 Å². The third-order valence-electron chi connectivity index (χ3n) is 4.44. The molecule has 29 heavy (non-hydrogen) atoms. The molecule has 1 heterocycles. The number of hydrogen-bond acceptors (Lipinski definition) is 5. The summed E-state index contributed by atoms with van der Waals surface area (Å²) in [7, 11) is 0. The first-order chi connectivity index (χ1) is 13.8. The van der Waals surface area contributed by atoms with E-state index < -0.39 is 16.5 Å². The van der Waals surface area contributed by atoms with Gasteiger partial charge in [-0.25, -0.2) is 4.79 Å². The summed E-state index contributed by atoms with van der Waals surface area (Å²) in [4.78, 5) is 42.9. The van der Waals surface area contributed by atoms with Gasteiger partial charge in [-0.1, -0.05) is 45.4 Å². The molecule has 0 fully saturated rings. The third kappa shape index (κ3) is 5.76. The van der Waals surface area contributed by atoms with Gasteiger partial charge in [-0.15, -0.1) is 11.8 Å². The number of unbranched alkanes of at least 4 members (excludes halogenated alkanes) is 1. The molecule has 0 aliphatic carbocycles. The Bertz CT molecular complexity index is 937. The van der Waals surface area contributed by atoms with Crippen LogP contribution in [0.5, 0.6) is 0 Å². The Morgan fingerprint density at radius 3 is 2.45 bits per heavy atom. The molecule has 3 N–H and O–H groups in total. The lowest BCUT2D eigenvalue weighted by Gasteiger charge is -2.28. The van der Waals surface area contributed by atoms with E-state index in [1.165, 1.54) is 21.2 Å². The fourth-order valence-electron chi connectivity index (χ4n) is 3.01. The van der Waals surface area contributed by atoms with Gasteiger partial charge in [0.1, 0.15) is 5.82 Å². The van der Waals surface area contributed by atoms with Gasteiger partial charge in [0.2, 0.25) is 5.91 Å². The van der Waals surface area contributed by atoms with Crippen LogP contribution in [0, 0.1) is 5.92 Å². The van der Waals surface area contributed by atoms with E-state index in [-0.39, 0.29) is 23.3 Å². The molecule has 0 saturated heterocycles. The van der Waals surface area contributed by atoms with Gasteiger partial charge in [-0.2, -0.15) is 0 Å². The molecule has 158 valence electrons. The van der Waals surface area contributed by atoms with Crippen LogP contribution in [0.15, 0.2) is 44.8 Å². The summed E-state index contributed by atoms with van der Waals surface area (Å²) < 4.78 is 1.34. The van der Waals surface area contributed by atoms with E-state index >= 15 is 0 Å². The molecule has 0 saturated carbocycles. The van der Waals surface area contributed by atoms with Crippen molar-refractivity contribution in [3.63, 3.8) is 0 Å². The van der Waals surface area contributed by atoms with Crippen molar-refractivity contribution < 1.29 is 4.79 Å². The summed E-state index contributed by atoms with van der Waals surface area (Å²) in [6.07, 6.45) is 1.62. The number of amides is 1. The second-order valence-electron chi connectivity index (χ2n) is 7.41. The first-order valence-electron chi connectivity index (χ1n) is 9.91. The zero-order valence-electron chi connectivity index (χ0n) is 17.5. The van der Waals surface area contributed by atoms with Crippen molar-refractivity contribution in [1.82, 2.24) is 9.55 Å². The van der Waals surface area contributed by atoms with E-state index in [2.05, 4.69) is 4.98 Å². The zero-order chi connectivity index (χ0) is 21.6. The van der Waals surface area contributed by atoms with Crippen LogP contribution in [0.25, 0.3) is 0 Å². The largest absolute Gasteiger partial charge is 0.383 e. The van der Waals surface area contributed by atoms with Crippen molar-refractivity contribution in [2.75, 3.05) is 17.2 Å². The molecule has 8 heteroatoms. The minimum absolute atomic E-state index is 0.0399. The van der Waals surface area contributed by atoms with Gasteiger partial charge in [0.15, 0.2) is 5.69 Å². The Labute approximate surface area is 175 Å². The molecule has 0 aliphatic rings. The van der Waals surface area contributed by atoms with Crippen molar-refractivity contribution in [1.29, 1.82) is 0 Å². The highest BCUT2D eigenvalue weighted by atomic mass is 32.2. The number of anilines is 2. The maximum atomic E-state index is 13.3. The van der Waals surface area contributed by atoms with Crippen molar-refractivity contribution in [3.8, 4) is 0 Å². The molecule has 1 atom stereocenters. The van der Waals surface area contributed by atoms with E-state index in [4.69, 9.17) is 5.73 Å². The van der Waals surface area contributed by atoms with Gasteiger partial charge in [0, 0.05) is 18.0 Å². The summed E-state index contributed by atoms with van der Waals surface area (Å²) in [6.45, 7) is 8.47. The SMILES string of the molecule is CCCCn1c(N)c(N(CC(C)C)C(=O)C(C)Sc2ccccc2)c(=O)[nH]c1=O. The monoisotopic (exact) mass is 418 g/mol. The Morgan fingerprint density at radius 2 is 1.86 bits per heavy atom. The highest BCUT2D eigenvalue weighted by Gasteiger charge is 2.28. The average molecular weight is 419 g/mol. The first-order valence-corrected chi connectivity index (χ1v) is 10.8. The average Bonchev–Trinajstić information content (AvgIpc) is 2.66. The predicted molar refractivity (Wildman–Crippen MR) is 120 cm³/mol. The maximum absolute atomic E-state index is 13.3. The second-order valence-corrected chi connectivity index (χ2v) is 8.83. The molecule has 0 aliphatic heterocycles. The molecule has 7 nitrogen and oxygen atoms in total. The van der Waals surface area contributed by atoms with Crippen molar-refractivity contribution in [2.45, 2.75) is 57.2 Å². The molecule has 1 aromatic heterocycles. The number of carbonyl (C=O) groups is 1. The molecule has 1 unspecified atom stereocenters. The Balaban J connectivity index is 2.45. The van der Waals surface area contributed by atoms with E-state index in [0.717, 1.165) is 17.7 Å². The van der Waals surface area contributed by atoms with Gasteiger partial charge in [-0.05, 0) is 31.4 Å². The van der Waals surface area contributed by atoms with Gasteiger partial charge in [-0.3, -0.25) is 19.1 Å². The normalized spacial score (nSPS) is 12.2. The summed E-state index contributed by atoms with van der Waals surface area (Å²) in [6, 6.07) is 9.62. The summed E-state index contributed by atoms with van der Waals surface area (Å²) in [5.74, 6) is -0.0637. The number of H-pyrrole nitrogens is 1. The van der Waals surface area contributed by atoms with Crippen LogP contribution in [0.3, 0.4) is 0 Å². The number of nitrogens with two attached hydrogens (primary N) is 1. The number of aromatic amines is 1. The molecule has 2 aromatic rings. The van der Waals surface area contributed by atoms with Gasteiger partial charge in [0.25, 0.3) is 5.56 Å². The lowest BCUT2D eigenvalue weighted by molar-refractivity contribution is -0.118. The van der Waals surface area contributed by atoms with Crippen LogP contribution >= 0.6 is 11.8 Å². The van der Waals surface area contributed by atoms with Crippen LogP contribution in [0.4, 0.5) is 11.5 Å². The van der Waals surface area contributed by atoms with Crippen LogP contribution in [0.2, 0.25) is 0 Å². The minimum atomic E-state index is -0.633. The second kappa shape index (κ2) is 10.3. The lowest BCUT2D eigenvalue weighted by atomic mass is 10.2. The molecule has 1 aromatic carbocycles. The summed E-state index contributed by atoms with van der Waals surface area (Å²) in [5.41, 5.74) is 5.11. The minimum Gasteiger partial charge on any atom is -0.383 e. The Hall–Kier alpha value is -2.48. The number of carbonyl (C=O) groups excluding carboxylic acids is 1. The lowest BCUT2D eigenvalue weighted by Crippen LogP contribution is -2.45. The molecule has 0 spiro atoms. The van der Waals surface area contributed by atoms with E-state index in [0.29, 0.717) is 13.1 Å². The van der Waals surface area contributed by atoms with Crippen LogP contribution in [0.1, 0.15) is 40.5 Å². The van der Waals surface area contributed by atoms with Gasteiger partial charge < -0.3 is 10.6 Å². The number of hydrogen-bond donors (Lipinski definition) is 2. The Kier molecular flexibility index (Phi) is 8.13. The molecule has 1 amide bonds. The van der Waals surface area contributed by atoms with Crippen molar-refractivity contribution >= 4 is 29.2 Å². The fourth-order valence-corrected chi connectivity index (χ4v) is 3.96. The summed E-state index contributed by atoms with van der Waals surface area (Å²) >= 11 is 1.42. The highest BCUT2D eigenvalue weighted by Crippen LogP contribution is 2.27. The number of benzene rings is 1. The van der Waals surface area contributed by atoms with E-state index in [9.17, 15) is 14.4 Å². The van der Waals surface area contributed by atoms with Crippen LogP contribution in [-0.2, 0) is 11.3 Å². The number of nitrogens with one attached hydrogen (secondary N) is 1.